The van der Waals surface area contributed by atoms with Crippen LogP contribution in [0.3, 0.4) is 0 Å². The summed E-state index contributed by atoms with van der Waals surface area (Å²) in [6, 6.07) is -0.505. The van der Waals surface area contributed by atoms with Crippen LogP contribution in [0.15, 0.2) is 0 Å². The Balaban J connectivity index is 1.36. The Labute approximate surface area is 205 Å². The molecule has 11 nitrogen and oxygen atoms in total. The zero-order valence-electron chi connectivity index (χ0n) is 20.2. The Morgan fingerprint density at radius 3 is 2.20 bits per heavy atom. The third-order valence-corrected chi connectivity index (χ3v) is 10.0. The van der Waals surface area contributed by atoms with E-state index in [1.807, 2.05) is 13.8 Å². The van der Waals surface area contributed by atoms with E-state index in [9.17, 15) is 22.4 Å². The number of sulfonamides is 1. The van der Waals surface area contributed by atoms with Crippen molar-refractivity contribution < 1.29 is 32.1 Å². The van der Waals surface area contributed by atoms with E-state index in [1.54, 1.807) is 4.90 Å². The normalized spacial score (nSPS) is 39.2. The molecule has 2 saturated carbocycles. The lowest BCUT2D eigenvalue weighted by Crippen LogP contribution is -2.66. The number of hydrogen-bond acceptors (Lipinski definition) is 8. The van der Waals surface area contributed by atoms with Gasteiger partial charge in [-0.05, 0) is 58.8 Å². The van der Waals surface area contributed by atoms with Crippen LogP contribution in [-0.4, -0.2) is 91.0 Å². The number of carbonyl (C=O) groups is 2. The Hall–Kier alpha value is -1.38. The number of urea groups is 1. The molecule has 3 heterocycles. The van der Waals surface area contributed by atoms with Crippen molar-refractivity contribution in [3.8, 4) is 0 Å². The molecule has 5 fully saturated rings. The molecule has 0 aromatic rings. The van der Waals surface area contributed by atoms with E-state index >= 15 is 0 Å². The quantitative estimate of drug-likeness (QED) is 0.426. The fourth-order valence-electron chi connectivity index (χ4n) is 5.86. The van der Waals surface area contributed by atoms with E-state index < -0.39 is 39.4 Å². The summed E-state index contributed by atoms with van der Waals surface area (Å²) in [5.74, 6) is -1.01. The van der Waals surface area contributed by atoms with Crippen LogP contribution >= 0.6 is 0 Å². The van der Waals surface area contributed by atoms with Gasteiger partial charge in [0.05, 0.1) is 42.0 Å². The van der Waals surface area contributed by atoms with Crippen LogP contribution in [0.1, 0.15) is 58.8 Å². The van der Waals surface area contributed by atoms with Gasteiger partial charge in [0, 0.05) is 18.1 Å². The predicted molar refractivity (Wildman–Crippen MR) is 123 cm³/mol. The number of hydrogen-bond donors (Lipinski definition) is 3. The highest BCUT2D eigenvalue weighted by atomic mass is 32.2. The Morgan fingerprint density at radius 2 is 1.66 bits per heavy atom. The minimum Gasteiger partial charge on any atom is -0.318 e. The minimum atomic E-state index is -3.81. The maximum atomic E-state index is 13.6. The fraction of sp³-hybridized carbons (Fsp3) is 0.909. The first-order valence-corrected chi connectivity index (χ1v) is 14.2. The number of nitrogens with zero attached hydrogens (tertiary/aromatic N) is 2. The molecule has 0 aromatic heterocycles. The van der Waals surface area contributed by atoms with E-state index in [0.29, 0.717) is 38.6 Å². The molecule has 3 aliphatic heterocycles. The number of nitrogens with one attached hydrogen (secondary N) is 3. The van der Waals surface area contributed by atoms with Crippen molar-refractivity contribution >= 4 is 22.0 Å². The van der Waals surface area contributed by atoms with E-state index in [-0.39, 0.29) is 49.2 Å². The van der Waals surface area contributed by atoms with Crippen molar-refractivity contribution in [1.82, 2.24) is 25.5 Å². The molecule has 198 valence electrons. The standard InChI is InChI=1S/C22H36FN5O6S/c1-13-7-15(33-24-13)10-27-19-4-3-17(35(31,32)26-22(12-23)5-6-22)9-18(19)20(29)28(21(27)30)11-16-8-14(2)25-34-16/h13-19,24-26H,3-12H2,1-2H3. The highest BCUT2D eigenvalue weighted by Gasteiger charge is 2.54. The average molecular weight is 518 g/mol. The van der Waals surface area contributed by atoms with Crippen LogP contribution in [0.25, 0.3) is 0 Å². The van der Waals surface area contributed by atoms with E-state index in [0.717, 1.165) is 6.42 Å². The second-order valence-electron chi connectivity index (χ2n) is 11.0. The number of rotatable bonds is 8. The van der Waals surface area contributed by atoms with Crippen LogP contribution in [0.5, 0.6) is 0 Å². The highest BCUT2D eigenvalue weighted by Crippen LogP contribution is 2.41. The maximum absolute atomic E-state index is 13.6. The lowest BCUT2D eigenvalue weighted by atomic mass is 9.80. The van der Waals surface area contributed by atoms with Gasteiger partial charge in [-0.3, -0.25) is 19.4 Å². The minimum absolute atomic E-state index is 0.0990. The summed E-state index contributed by atoms with van der Waals surface area (Å²) < 4.78 is 42.1. The molecule has 13 heteroatoms. The number of carbonyl (C=O) groups excluding carboxylic acids is 2. The van der Waals surface area contributed by atoms with Crippen molar-refractivity contribution in [3.63, 3.8) is 0 Å². The van der Waals surface area contributed by atoms with Crippen molar-refractivity contribution in [1.29, 1.82) is 0 Å². The van der Waals surface area contributed by atoms with Gasteiger partial charge < -0.3 is 4.90 Å². The molecule has 0 radical (unpaired) electrons. The summed E-state index contributed by atoms with van der Waals surface area (Å²) in [6.07, 6.45) is 2.61. The van der Waals surface area contributed by atoms with E-state index in [1.165, 1.54) is 4.90 Å². The average Bonchev–Trinajstić information content (AvgIpc) is 3.26. The predicted octanol–water partition coefficient (Wildman–Crippen LogP) is 0.573. The number of halogens is 1. The first-order chi connectivity index (χ1) is 16.6. The third kappa shape index (κ3) is 5.08. The van der Waals surface area contributed by atoms with Crippen LogP contribution in [-0.2, 0) is 24.5 Å². The molecular weight excluding hydrogens is 481 g/mol. The molecule has 3 saturated heterocycles. The van der Waals surface area contributed by atoms with Gasteiger partial charge in [0.2, 0.25) is 15.9 Å². The summed E-state index contributed by atoms with van der Waals surface area (Å²) in [6.45, 7) is 3.65. The first kappa shape index (κ1) is 25.3. The van der Waals surface area contributed by atoms with Gasteiger partial charge in [0.15, 0.2) is 0 Å². The molecule has 7 unspecified atom stereocenters. The van der Waals surface area contributed by atoms with Crippen molar-refractivity contribution in [3.05, 3.63) is 0 Å². The summed E-state index contributed by atoms with van der Waals surface area (Å²) in [5, 5.41) is -0.803. The molecule has 0 aromatic carbocycles. The Morgan fingerprint density at radius 1 is 1.03 bits per heavy atom. The number of fused-ring (bicyclic) bond motifs is 1. The van der Waals surface area contributed by atoms with Crippen LogP contribution in [0.2, 0.25) is 0 Å². The lowest BCUT2D eigenvalue weighted by Gasteiger charge is -2.48. The van der Waals surface area contributed by atoms with E-state index in [2.05, 4.69) is 15.7 Å². The fourth-order valence-corrected chi connectivity index (χ4v) is 7.80. The van der Waals surface area contributed by atoms with Gasteiger partial charge in [-0.25, -0.2) is 22.3 Å². The largest absolute Gasteiger partial charge is 0.327 e. The zero-order valence-corrected chi connectivity index (χ0v) is 21.1. The number of imide groups is 1. The summed E-state index contributed by atoms with van der Waals surface area (Å²) in [4.78, 5) is 41.2. The summed E-state index contributed by atoms with van der Waals surface area (Å²) in [7, 11) is -3.81. The molecule has 3 amide bonds. The lowest BCUT2D eigenvalue weighted by molar-refractivity contribution is -0.143. The number of hydroxylamine groups is 2. The SMILES string of the molecule is CC1CC(CN2C(=O)C3CC(S(=O)(=O)NC4(CF)CC4)CCC3N(CC3CC(C)NO3)C2=O)ON1. The summed E-state index contributed by atoms with van der Waals surface area (Å²) in [5.41, 5.74) is 4.82. The van der Waals surface area contributed by atoms with E-state index in [4.69, 9.17) is 9.68 Å². The molecule has 0 bridgehead atoms. The zero-order chi connectivity index (χ0) is 25.0. The van der Waals surface area contributed by atoms with Gasteiger partial charge in [0.1, 0.15) is 6.67 Å². The number of amides is 3. The smallest absolute Gasteiger partial charge is 0.318 e. The molecule has 0 spiro atoms. The van der Waals surface area contributed by atoms with Gasteiger partial charge >= 0.3 is 6.03 Å². The molecule has 2 aliphatic carbocycles. The van der Waals surface area contributed by atoms with Crippen LogP contribution in [0.4, 0.5) is 9.18 Å². The topological polar surface area (TPSA) is 129 Å². The van der Waals surface area contributed by atoms with Gasteiger partial charge in [-0.15, -0.1) is 0 Å². The van der Waals surface area contributed by atoms with Gasteiger partial charge in [0.25, 0.3) is 0 Å². The van der Waals surface area contributed by atoms with Crippen molar-refractivity contribution in [2.45, 2.75) is 99.9 Å². The van der Waals surface area contributed by atoms with Crippen LogP contribution in [0, 0.1) is 5.92 Å². The molecule has 7 atom stereocenters. The molecule has 3 N–H and O–H groups in total. The van der Waals surface area contributed by atoms with Crippen LogP contribution < -0.4 is 15.7 Å². The second kappa shape index (κ2) is 9.49. The van der Waals surface area contributed by atoms with Gasteiger partial charge in [-0.1, -0.05) is 0 Å². The Kier molecular flexibility index (Phi) is 6.85. The van der Waals surface area contributed by atoms with Crippen molar-refractivity contribution in [2.75, 3.05) is 19.8 Å². The molecule has 5 rings (SSSR count). The van der Waals surface area contributed by atoms with Crippen molar-refractivity contribution in [2.24, 2.45) is 5.92 Å². The first-order valence-electron chi connectivity index (χ1n) is 12.6. The Bertz CT molecular complexity index is 949. The summed E-state index contributed by atoms with van der Waals surface area (Å²) >= 11 is 0. The molecular formula is C22H36FN5O6S. The second-order valence-corrected chi connectivity index (χ2v) is 13.0. The molecule has 35 heavy (non-hydrogen) atoms. The molecule has 5 aliphatic rings. The van der Waals surface area contributed by atoms with Gasteiger partial charge in [-0.2, -0.15) is 11.0 Å². The highest BCUT2D eigenvalue weighted by molar-refractivity contribution is 7.90. The maximum Gasteiger partial charge on any atom is 0.327 e. The third-order valence-electron chi connectivity index (χ3n) is 8.02. The number of alkyl halides is 1. The monoisotopic (exact) mass is 517 g/mol.